The fourth-order valence-electron chi connectivity index (χ4n) is 2.46. The van der Waals surface area contributed by atoms with Crippen LogP contribution in [-0.2, 0) is 11.3 Å². The number of benzene rings is 1. The van der Waals surface area contributed by atoms with E-state index in [1.165, 1.54) is 0 Å². The summed E-state index contributed by atoms with van der Waals surface area (Å²) >= 11 is 0. The Morgan fingerprint density at radius 1 is 1.17 bits per heavy atom. The average molecular weight is 324 g/mol. The number of nitrogens with two attached hydrogens (primary N) is 1. The molecule has 0 aliphatic carbocycles. The van der Waals surface area contributed by atoms with Crippen LogP contribution in [0.5, 0.6) is 0 Å². The summed E-state index contributed by atoms with van der Waals surface area (Å²) in [7, 11) is 0. The van der Waals surface area contributed by atoms with Crippen LogP contribution < -0.4 is 11.1 Å². The molecule has 0 spiro atoms. The van der Waals surface area contributed by atoms with Gasteiger partial charge in [-0.2, -0.15) is 4.98 Å². The van der Waals surface area contributed by atoms with Crippen molar-refractivity contribution < 1.29 is 17.9 Å². The van der Waals surface area contributed by atoms with Crippen molar-refractivity contribution in [1.82, 2.24) is 9.97 Å². The van der Waals surface area contributed by atoms with Gasteiger partial charge in [0.15, 0.2) is 17.5 Å². The molecule has 1 atom stereocenters. The van der Waals surface area contributed by atoms with Crippen molar-refractivity contribution in [3.8, 4) is 0 Å². The molecule has 5 nitrogen and oxygen atoms in total. The average Bonchev–Trinajstić information content (AvgIpc) is 3.04. The lowest BCUT2D eigenvalue weighted by atomic mass is 10.0. The summed E-state index contributed by atoms with van der Waals surface area (Å²) in [4.78, 5) is 8.22. The van der Waals surface area contributed by atoms with E-state index in [1.807, 2.05) is 0 Å². The van der Waals surface area contributed by atoms with Gasteiger partial charge in [-0.15, -0.1) is 0 Å². The van der Waals surface area contributed by atoms with Crippen molar-refractivity contribution in [3.05, 3.63) is 46.9 Å². The number of aromatic nitrogens is 2. The minimum atomic E-state index is -1.48. The number of nitrogens with zero attached hydrogens (tertiary/aromatic N) is 2. The molecule has 1 fully saturated rings. The minimum absolute atomic E-state index is 0.0746. The number of ether oxygens (including phenoxy) is 1. The number of halogens is 3. The zero-order chi connectivity index (χ0) is 16.4. The molecule has 122 valence electrons. The molecule has 1 aliphatic rings. The lowest BCUT2D eigenvalue weighted by molar-refractivity contribution is 0.193. The highest BCUT2D eigenvalue weighted by Crippen LogP contribution is 2.25. The number of nitrogens with one attached hydrogen (secondary N) is 1. The maximum atomic E-state index is 13.2. The second-order valence-corrected chi connectivity index (χ2v) is 5.32. The molecule has 8 heteroatoms. The molecule has 0 radical (unpaired) electrons. The van der Waals surface area contributed by atoms with Crippen LogP contribution in [0.1, 0.15) is 23.6 Å². The second-order valence-electron chi connectivity index (χ2n) is 5.32. The highest BCUT2D eigenvalue weighted by Gasteiger charge is 2.20. The van der Waals surface area contributed by atoms with Gasteiger partial charge in [0.2, 0.25) is 5.95 Å². The predicted octanol–water partition coefficient (Wildman–Crippen LogP) is 2.59. The molecule has 23 heavy (non-hydrogen) atoms. The van der Waals surface area contributed by atoms with Gasteiger partial charge in [-0.3, -0.25) is 0 Å². The van der Waals surface area contributed by atoms with Gasteiger partial charge >= 0.3 is 0 Å². The topological polar surface area (TPSA) is 73.1 Å². The second kappa shape index (κ2) is 6.41. The number of anilines is 2. The summed E-state index contributed by atoms with van der Waals surface area (Å²) in [6.07, 6.45) is 0.851. The van der Waals surface area contributed by atoms with Gasteiger partial charge in [0.25, 0.3) is 0 Å². The molecule has 0 amide bonds. The molecule has 1 saturated heterocycles. The number of rotatable bonds is 4. The van der Waals surface area contributed by atoms with Gasteiger partial charge in [-0.1, -0.05) is 0 Å². The van der Waals surface area contributed by atoms with Gasteiger partial charge in [-0.05, 0) is 24.1 Å². The first-order valence-corrected chi connectivity index (χ1v) is 7.12. The van der Waals surface area contributed by atoms with Gasteiger partial charge in [0, 0.05) is 25.1 Å². The zero-order valence-corrected chi connectivity index (χ0v) is 12.2. The molecule has 3 rings (SSSR count). The van der Waals surface area contributed by atoms with Crippen LogP contribution in [0, 0.1) is 17.5 Å². The highest BCUT2D eigenvalue weighted by atomic mass is 19.2. The SMILES string of the molecule is Nc1nc(NCc2cc(F)c(F)c(F)c2)cc([C@@H]2CCOC2)n1. The predicted molar refractivity (Wildman–Crippen MR) is 78.3 cm³/mol. The van der Waals surface area contributed by atoms with E-state index in [0.29, 0.717) is 19.0 Å². The molecule has 0 bridgehead atoms. The van der Waals surface area contributed by atoms with Crippen molar-refractivity contribution in [2.24, 2.45) is 0 Å². The van der Waals surface area contributed by atoms with Gasteiger partial charge < -0.3 is 15.8 Å². The quantitative estimate of drug-likeness (QED) is 0.846. The molecule has 0 saturated carbocycles. The maximum absolute atomic E-state index is 13.2. The van der Waals surface area contributed by atoms with Crippen molar-refractivity contribution >= 4 is 11.8 Å². The van der Waals surface area contributed by atoms with Crippen molar-refractivity contribution in [3.63, 3.8) is 0 Å². The van der Waals surface area contributed by atoms with Crippen LogP contribution in [0.2, 0.25) is 0 Å². The molecule has 3 N–H and O–H groups in total. The fraction of sp³-hybridized carbons (Fsp3) is 0.333. The van der Waals surface area contributed by atoms with E-state index >= 15 is 0 Å². The highest BCUT2D eigenvalue weighted by molar-refractivity contribution is 5.42. The third-order valence-corrected chi connectivity index (χ3v) is 3.63. The monoisotopic (exact) mass is 324 g/mol. The molecular formula is C15H15F3N4O. The molecular weight excluding hydrogens is 309 g/mol. The number of hydrogen-bond donors (Lipinski definition) is 2. The lowest BCUT2D eigenvalue weighted by Gasteiger charge is -2.11. The standard InChI is InChI=1S/C15H15F3N4O/c16-10-3-8(4-11(17)14(10)18)6-20-13-5-12(21-15(19)22-13)9-1-2-23-7-9/h3-5,9H,1-2,6-7H2,(H3,19,20,21,22)/t9-/m1/s1. The Balaban J connectivity index is 1.75. The van der Waals surface area contributed by atoms with E-state index in [0.717, 1.165) is 24.2 Å². The molecule has 0 unspecified atom stereocenters. The number of hydrogen-bond acceptors (Lipinski definition) is 5. The van der Waals surface area contributed by atoms with Gasteiger partial charge in [-0.25, -0.2) is 18.2 Å². The van der Waals surface area contributed by atoms with Crippen LogP contribution in [0.15, 0.2) is 18.2 Å². The maximum Gasteiger partial charge on any atom is 0.222 e. The lowest BCUT2D eigenvalue weighted by Crippen LogP contribution is -2.09. The summed E-state index contributed by atoms with van der Waals surface area (Å²) in [5, 5.41) is 2.91. The molecule has 1 aliphatic heterocycles. The van der Waals surface area contributed by atoms with Gasteiger partial charge in [0.05, 0.1) is 12.3 Å². The molecule has 1 aromatic heterocycles. The summed E-state index contributed by atoms with van der Waals surface area (Å²) in [5.41, 5.74) is 6.70. The fourth-order valence-corrected chi connectivity index (χ4v) is 2.46. The van der Waals surface area contributed by atoms with Crippen LogP contribution in [0.4, 0.5) is 24.9 Å². The Morgan fingerprint density at radius 3 is 2.57 bits per heavy atom. The summed E-state index contributed by atoms with van der Waals surface area (Å²) in [6, 6.07) is 3.59. The third-order valence-electron chi connectivity index (χ3n) is 3.63. The largest absolute Gasteiger partial charge is 0.381 e. The van der Waals surface area contributed by atoms with Crippen LogP contribution in [0.3, 0.4) is 0 Å². The Kier molecular flexibility index (Phi) is 4.33. The summed E-state index contributed by atoms with van der Waals surface area (Å²) in [5.74, 6) is -3.25. The molecule has 2 aromatic rings. The Hall–Kier alpha value is -2.35. The van der Waals surface area contributed by atoms with E-state index in [2.05, 4.69) is 15.3 Å². The smallest absolute Gasteiger partial charge is 0.222 e. The first-order valence-electron chi connectivity index (χ1n) is 7.12. The van der Waals surface area contributed by atoms with Crippen molar-refractivity contribution in [2.45, 2.75) is 18.9 Å². The minimum Gasteiger partial charge on any atom is -0.381 e. The Labute approximate surface area is 130 Å². The Bertz CT molecular complexity index is 697. The molecule has 2 heterocycles. The van der Waals surface area contributed by atoms with E-state index < -0.39 is 17.5 Å². The summed E-state index contributed by atoms with van der Waals surface area (Å²) < 4.78 is 44.6. The van der Waals surface area contributed by atoms with Gasteiger partial charge in [0.1, 0.15) is 5.82 Å². The van der Waals surface area contributed by atoms with Crippen molar-refractivity contribution in [2.75, 3.05) is 24.3 Å². The van der Waals surface area contributed by atoms with Crippen LogP contribution in [0.25, 0.3) is 0 Å². The van der Waals surface area contributed by atoms with Crippen LogP contribution in [-0.4, -0.2) is 23.2 Å². The third kappa shape index (κ3) is 3.53. The van der Waals surface area contributed by atoms with E-state index in [-0.39, 0.29) is 24.0 Å². The zero-order valence-electron chi connectivity index (χ0n) is 12.2. The van der Waals surface area contributed by atoms with E-state index in [1.54, 1.807) is 6.07 Å². The first-order chi connectivity index (χ1) is 11.0. The Morgan fingerprint density at radius 2 is 1.91 bits per heavy atom. The van der Waals surface area contributed by atoms with Crippen molar-refractivity contribution in [1.29, 1.82) is 0 Å². The molecule has 1 aromatic carbocycles. The first kappa shape index (κ1) is 15.5. The summed E-state index contributed by atoms with van der Waals surface area (Å²) in [6.45, 7) is 1.32. The normalized spacial score (nSPS) is 17.4. The van der Waals surface area contributed by atoms with Crippen LogP contribution >= 0.6 is 0 Å². The van der Waals surface area contributed by atoms with E-state index in [9.17, 15) is 13.2 Å². The number of nitrogen functional groups attached to an aromatic ring is 1. The van der Waals surface area contributed by atoms with E-state index in [4.69, 9.17) is 10.5 Å².